The summed E-state index contributed by atoms with van der Waals surface area (Å²) in [4.78, 5) is 29.6. The van der Waals surface area contributed by atoms with Crippen LogP contribution in [0.4, 0.5) is 0 Å². The average molecular weight is 1650 g/mol. The fourth-order valence-corrected chi connectivity index (χ4v) is 17.0. The highest BCUT2D eigenvalue weighted by atomic mass is 16.3. The predicted octanol–water partition coefficient (Wildman–Crippen LogP) is 32.1. The molecule has 0 saturated heterocycles. The van der Waals surface area contributed by atoms with Crippen molar-refractivity contribution in [1.82, 2.24) is 29.9 Å². The van der Waals surface area contributed by atoms with Crippen LogP contribution in [0, 0.1) is 0 Å². The Labute approximate surface area is 745 Å². The Morgan fingerprint density at radius 1 is 0.124 bits per heavy atom. The number of hydrogen-bond acceptors (Lipinski definition) is 9. The van der Waals surface area contributed by atoms with Gasteiger partial charge in [-0.3, -0.25) is 0 Å². The SMILES string of the molecule is c1ccc(-c2cc(-c3ccc(-c4ccc(-c5ccc6c(c5)oc5ccccc56)cc4)cc3)nc(-c3ccccc3)n2)cc1.c1ccc(-c2cc(-c3ccc(-c4ccc(-c5ccc6oc7ccccc7c6c5)cc4)cc3)nc(-c3ccccc3)n2)cc1.c1ccc(-c2cc(-c3ccc(-c4ccc(-c5cccc6c5oc5ccccc56)cc4)cc3)nc(-c3ccccc3)n2)cc1. The van der Waals surface area contributed by atoms with Crippen LogP contribution in [0.2, 0.25) is 0 Å². The van der Waals surface area contributed by atoms with E-state index in [4.69, 9.17) is 43.2 Å². The molecule has 0 unspecified atom stereocenters. The van der Waals surface area contributed by atoms with Gasteiger partial charge in [0.15, 0.2) is 17.5 Å². The molecule has 0 amide bonds. The van der Waals surface area contributed by atoms with E-state index >= 15 is 0 Å². The Hall–Kier alpha value is -17.4. The van der Waals surface area contributed by atoms with Gasteiger partial charge in [0.25, 0.3) is 0 Å². The van der Waals surface area contributed by atoms with E-state index in [1.165, 1.54) is 16.7 Å². The van der Waals surface area contributed by atoms with Crippen LogP contribution in [0.25, 0.3) is 234 Å². The lowest BCUT2D eigenvalue weighted by atomic mass is 9.98. The van der Waals surface area contributed by atoms with Crippen molar-refractivity contribution in [2.24, 2.45) is 0 Å². The van der Waals surface area contributed by atoms with Gasteiger partial charge in [0.05, 0.1) is 34.2 Å². The molecule has 24 rings (SSSR count). The van der Waals surface area contributed by atoms with E-state index in [0.29, 0.717) is 0 Å². The van der Waals surface area contributed by atoms with E-state index in [-0.39, 0.29) is 0 Å². The van der Waals surface area contributed by atoms with Crippen LogP contribution in [0.5, 0.6) is 0 Å². The molecule has 606 valence electrons. The number of para-hydroxylation sites is 4. The largest absolute Gasteiger partial charge is 0.456 e. The molecule has 6 aromatic heterocycles. The number of nitrogens with zero attached hydrogens (tertiary/aromatic N) is 6. The first-order chi connectivity index (χ1) is 63.9. The third kappa shape index (κ3) is 16.2. The number of aromatic nitrogens is 6. The molecule has 0 bridgehead atoms. The molecule has 18 aromatic carbocycles. The van der Waals surface area contributed by atoms with Crippen molar-refractivity contribution in [2.45, 2.75) is 0 Å². The summed E-state index contributed by atoms with van der Waals surface area (Å²) >= 11 is 0. The van der Waals surface area contributed by atoms with Crippen molar-refractivity contribution in [2.75, 3.05) is 0 Å². The molecular weight excluding hydrogens is 1570 g/mol. The quantitative estimate of drug-likeness (QED) is 0.0989. The van der Waals surface area contributed by atoms with Gasteiger partial charge in [0, 0.05) is 88.0 Å². The topological polar surface area (TPSA) is 117 Å². The van der Waals surface area contributed by atoms with E-state index in [1.807, 2.05) is 152 Å². The van der Waals surface area contributed by atoms with Crippen molar-refractivity contribution < 1.29 is 13.3 Å². The van der Waals surface area contributed by atoms with E-state index in [0.717, 1.165) is 218 Å². The molecule has 9 heteroatoms. The van der Waals surface area contributed by atoms with Crippen LogP contribution in [-0.2, 0) is 0 Å². The highest BCUT2D eigenvalue weighted by molar-refractivity contribution is 6.10. The molecule has 0 spiro atoms. The molecule has 0 saturated carbocycles. The maximum Gasteiger partial charge on any atom is 0.160 e. The van der Waals surface area contributed by atoms with Gasteiger partial charge >= 0.3 is 0 Å². The molecule has 0 aliphatic carbocycles. The molecule has 0 atom stereocenters. The summed E-state index contributed by atoms with van der Waals surface area (Å²) < 4.78 is 18.4. The first kappa shape index (κ1) is 77.6. The maximum absolute atomic E-state index is 6.27. The lowest BCUT2D eigenvalue weighted by Crippen LogP contribution is -1.95. The molecule has 0 radical (unpaired) electrons. The lowest BCUT2D eigenvalue weighted by Gasteiger charge is -2.10. The Bertz CT molecular complexity index is 7940. The monoisotopic (exact) mass is 1650 g/mol. The molecule has 0 N–H and O–H groups in total. The molecule has 24 aromatic rings. The standard InChI is InChI=1S/3C40H26N2O/c1-3-10-30(11-4-1)36-26-37(42-40(41-36)32-12-5-2-6-13-32)31-24-20-28(21-25-31)27-18-22-29(23-19-27)33-15-9-16-35-34-14-7-8-17-38(34)43-39(33)35;1-3-9-30(10-4-1)36-26-37(42-40(41-36)32-11-5-2-6-12-32)31-21-19-28(20-22-31)27-15-17-29(18-16-27)33-23-24-39-35(25-33)34-13-7-8-14-38(34)43-39;1-3-9-30(10-4-1)36-26-37(42-40(41-36)32-11-5-2-6-12-32)31-21-19-28(20-22-31)27-15-17-29(18-16-27)33-23-24-35-34-13-7-8-14-38(34)43-39(35)25-33/h3*1-26H. The summed E-state index contributed by atoms with van der Waals surface area (Å²) in [6.45, 7) is 0. The van der Waals surface area contributed by atoms with E-state index in [2.05, 4.69) is 322 Å². The highest BCUT2D eigenvalue weighted by Crippen LogP contribution is 2.41. The molecule has 6 heterocycles. The zero-order valence-corrected chi connectivity index (χ0v) is 69.9. The van der Waals surface area contributed by atoms with Gasteiger partial charge in [0.2, 0.25) is 0 Å². The van der Waals surface area contributed by atoms with Crippen molar-refractivity contribution >= 4 is 65.8 Å². The van der Waals surface area contributed by atoms with Gasteiger partial charge in [0.1, 0.15) is 33.5 Å². The summed E-state index contributed by atoms with van der Waals surface area (Å²) in [5.41, 5.74) is 34.1. The first-order valence-electron chi connectivity index (χ1n) is 43.2. The summed E-state index contributed by atoms with van der Waals surface area (Å²) in [6, 6.07) is 163. The number of fused-ring (bicyclic) bond motifs is 9. The van der Waals surface area contributed by atoms with Gasteiger partial charge in [-0.1, -0.05) is 413 Å². The Morgan fingerprint density at radius 2 is 0.357 bits per heavy atom. The normalized spacial score (nSPS) is 11.3. The van der Waals surface area contributed by atoms with E-state index < -0.39 is 0 Å². The van der Waals surface area contributed by atoms with Crippen molar-refractivity contribution in [3.8, 4) is 168 Å². The fraction of sp³-hybridized carbons (Fsp3) is 0. The third-order valence-electron chi connectivity index (χ3n) is 23.8. The van der Waals surface area contributed by atoms with E-state index in [1.54, 1.807) is 0 Å². The number of benzene rings is 18. The van der Waals surface area contributed by atoms with Crippen LogP contribution in [0.1, 0.15) is 0 Å². The highest BCUT2D eigenvalue weighted by Gasteiger charge is 2.19. The second-order valence-electron chi connectivity index (χ2n) is 31.9. The minimum Gasteiger partial charge on any atom is -0.456 e. The molecular formula is C120H78N6O3. The van der Waals surface area contributed by atoms with Crippen molar-refractivity contribution in [3.05, 3.63) is 473 Å². The second kappa shape index (κ2) is 34.7. The van der Waals surface area contributed by atoms with Gasteiger partial charge in [-0.25, -0.2) is 29.9 Å². The summed E-state index contributed by atoms with van der Waals surface area (Å²) in [5, 5.41) is 6.87. The van der Waals surface area contributed by atoms with Gasteiger partial charge in [-0.2, -0.15) is 0 Å². The third-order valence-corrected chi connectivity index (χ3v) is 23.8. The number of rotatable bonds is 15. The smallest absolute Gasteiger partial charge is 0.160 e. The maximum atomic E-state index is 6.27. The number of furan rings is 3. The lowest BCUT2D eigenvalue weighted by molar-refractivity contribution is 0.668. The van der Waals surface area contributed by atoms with Gasteiger partial charge in [-0.15, -0.1) is 0 Å². The minimum absolute atomic E-state index is 0.719. The molecule has 9 nitrogen and oxygen atoms in total. The van der Waals surface area contributed by atoms with Crippen LogP contribution >= 0.6 is 0 Å². The molecule has 129 heavy (non-hydrogen) atoms. The molecule has 0 fully saturated rings. The molecule has 0 aliphatic heterocycles. The number of hydrogen-bond donors (Lipinski definition) is 0. The van der Waals surface area contributed by atoms with Crippen LogP contribution in [-0.4, -0.2) is 29.9 Å². The van der Waals surface area contributed by atoms with Crippen molar-refractivity contribution in [3.63, 3.8) is 0 Å². The van der Waals surface area contributed by atoms with Crippen LogP contribution in [0.3, 0.4) is 0 Å². The van der Waals surface area contributed by atoms with Crippen molar-refractivity contribution in [1.29, 1.82) is 0 Å². The Kier molecular flexibility index (Phi) is 20.9. The minimum atomic E-state index is 0.719. The first-order valence-corrected chi connectivity index (χ1v) is 43.2. The second-order valence-corrected chi connectivity index (χ2v) is 31.9. The van der Waals surface area contributed by atoms with Crippen LogP contribution < -0.4 is 0 Å². The zero-order chi connectivity index (χ0) is 85.8. The fourth-order valence-electron chi connectivity index (χ4n) is 17.0. The molecule has 0 aliphatic rings. The Morgan fingerprint density at radius 3 is 0.721 bits per heavy atom. The van der Waals surface area contributed by atoms with E-state index in [9.17, 15) is 0 Å². The summed E-state index contributed by atoms with van der Waals surface area (Å²) in [7, 11) is 0. The zero-order valence-electron chi connectivity index (χ0n) is 69.9. The Balaban J connectivity index is 0.000000114. The summed E-state index contributed by atoms with van der Waals surface area (Å²) in [5.74, 6) is 2.16. The summed E-state index contributed by atoms with van der Waals surface area (Å²) in [6.07, 6.45) is 0. The van der Waals surface area contributed by atoms with Gasteiger partial charge in [-0.05, 0) is 122 Å². The van der Waals surface area contributed by atoms with Gasteiger partial charge < -0.3 is 13.3 Å². The predicted molar refractivity (Wildman–Crippen MR) is 529 cm³/mol. The average Bonchev–Trinajstić information content (AvgIpc) is 1.71. The van der Waals surface area contributed by atoms with Crippen LogP contribution in [0.15, 0.2) is 486 Å².